The predicted molar refractivity (Wildman–Crippen MR) is 108 cm³/mol. The van der Waals surface area contributed by atoms with Crippen LogP contribution in [0.3, 0.4) is 0 Å². The molecule has 6 nitrogen and oxygen atoms in total. The zero-order valence-corrected chi connectivity index (χ0v) is 15.9. The number of ether oxygens (including phenoxy) is 1. The first-order valence-corrected chi connectivity index (χ1v) is 9.27. The van der Waals surface area contributed by atoms with Gasteiger partial charge in [-0.15, -0.1) is 0 Å². The van der Waals surface area contributed by atoms with Crippen LogP contribution < -0.4 is 20.7 Å². The quantitative estimate of drug-likeness (QED) is 0.597. The third kappa shape index (κ3) is 7.01. The zero-order valence-electron chi connectivity index (χ0n) is 15.9. The van der Waals surface area contributed by atoms with Crippen LogP contribution in [-0.2, 0) is 4.79 Å². The molecule has 3 N–H and O–H groups in total. The van der Waals surface area contributed by atoms with Gasteiger partial charge in [-0.05, 0) is 61.4 Å². The Hall–Kier alpha value is -3.02. The minimum absolute atomic E-state index is 0.0903. The second kappa shape index (κ2) is 10.9. The summed E-state index contributed by atoms with van der Waals surface area (Å²) in [6, 6.07) is 14.3. The summed E-state index contributed by atoms with van der Waals surface area (Å²) >= 11 is 0. The lowest BCUT2D eigenvalue weighted by atomic mass is 10.2. The number of anilines is 2. The van der Waals surface area contributed by atoms with E-state index in [1.807, 2.05) is 31.2 Å². The molecular weight excluding hydrogens is 342 g/mol. The van der Waals surface area contributed by atoms with Gasteiger partial charge >= 0.3 is 0 Å². The summed E-state index contributed by atoms with van der Waals surface area (Å²) < 4.78 is 5.51. The van der Waals surface area contributed by atoms with Crippen molar-refractivity contribution in [3.8, 4) is 5.75 Å². The Morgan fingerprint density at radius 2 is 1.56 bits per heavy atom. The first-order chi connectivity index (χ1) is 13.1. The van der Waals surface area contributed by atoms with Crippen LogP contribution in [0.25, 0.3) is 0 Å². The van der Waals surface area contributed by atoms with Crippen molar-refractivity contribution < 1.29 is 14.3 Å². The van der Waals surface area contributed by atoms with E-state index in [2.05, 4.69) is 22.9 Å². The van der Waals surface area contributed by atoms with E-state index >= 15 is 0 Å². The third-order valence-electron chi connectivity index (χ3n) is 3.75. The van der Waals surface area contributed by atoms with Gasteiger partial charge < -0.3 is 20.7 Å². The number of carbonyl (C=O) groups is 2. The molecule has 0 fully saturated rings. The Labute approximate surface area is 160 Å². The average Bonchev–Trinajstić information content (AvgIpc) is 2.70. The van der Waals surface area contributed by atoms with E-state index in [0.29, 0.717) is 24.4 Å². The van der Waals surface area contributed by atoms with Crippen molar-refractivity contribution in [1.29, 1.82) is 0 Å². The molecule has 0 spiro atoms. The first kappa shape index (κ1) is 20.3. The molecule has 0 radical (unpaired) electrons. The molecule has 144 valence electrons. The zero-order chi connectivity index (χ0) is 19.5. The third-order valence-corrected chi connectivity index (χ3v) is 3.75. The van der Waals surface area contributed by atoms with E-state index in [1.165, 1.54) is 0 Å². The Balaban J connectivity index is 1.78. The SMILES string of the molecule is CCCNC(=O)c1ccc(NCC(=O)Nc2ccc(OCCC)cc2)cc1. The molecule has 0 heterocycles. The summed E-state index contributed by atoms with van der Waals surface area (Å²) in [5.41, 5.74) is 2.10. The molecule has 2 rings (SSSR count). The summed E-state index contributed by atoms with van der Waals surface area (Å²) in [7, 11) is 0. The molecular formula is C21H27N3O3. The lowest BCUT2D eigenvalue weighted by Crippen LogP contribution is -2.24. The Morgan fingerprint density at radius 1 is 0.889 bits per heavy atom. The molecule has 0 saturated carbocycles. The van der Waals surface area contributed by atoms with Gasteiger partial charge in [0.25, 0.3) is 5.91 Å². The lowest BCUT2D eigenvalue weighted by Gasteiger charge is -2.10. The summed E-state index contributed by atoms with van der Waals surface area (Å²) in [5, 5.41) is 8.70. The van der Waals surface area contributed by atoms with E-state index in [9.17, 15) is 9.59 Å². The summed E-state index contributed by atoms with van der Waals surface area (Å²) in [5.74, 6) is 0.547. The van der Waals surface area contributed by atoms with E-state index in [4.69, 9.17) is 4.74 Å². The minimum Gasteiger partial charge on any atom is -0.494 e. The number of hydrogen-bond donors (Lipinski definition) is 3. The molecule has 27 heavy (non-hydrogen) atoms. The highest BCUT2D eigenvalue weighted by Crippen LogP contribution is 2.16. The molecule has 0 aliphatic rings. The summed E-state index contributed by atoms with van der Waals surface area (Å²) in [4.78, 5) is 23.9. The maximum absolute atomic E-state index is 12.1. The van der Waals surface area contributed by atoms with Crippen molar-refractivity contribution in [2.24, 2.45) is 0 Å². The van der Waals surface area contributed by atoms with Crippen molar-refractivity contribution in [3.05, 3.63) is 54.1 Å². The lowest BCUT2D eigenvalue weighted by molar-refractivity contribution is -0.114. The van der Waals surface area contributed by atoms with Crippen LogP contribution in [0.1, 0.15) is 37.0 Å². The molecule has 6 heteroatoms. The summed E-state index contributed by atoms with van der Waals surface area (Å²) in [6.45, 7) is 5.53. The number of hydrogen-bond acceptors (Lipinski definition) is 4. The molecule has 0 aromatic heterocycles. The number of benzene rings is 2. The van der Waals surface area contributed by atoms with Crippen LogP contribution in [0.4, 0.5) is 11.4 Å². The normalized spacial score (nSPS) is 10.1. The number of rotatable bonds is 10. The highest BCUT2D eigenvalue weighted by molar-refractivity contribution is 5.95. The maximum atomic E-state index is 12.1. The number of amides is 2. The molecule has 0 atom stereocenters. The highest BCUT2D eigenvalue weighted by Gasteiger charge is 2.06. The van der Waals surface area contributed by atoms with Gasteiger partial charge in [0, 0.05) is 23.5 Å². The molecule has 2 aromatic carbocycles. The van der Waals surface area contributed by atoms with Crippen LogP contribution in [0, 0.1) is 0 Å². The molecule has 0 aliphatic heterocycles. The van der Waals surface area contributed by atoms with Crippen LogP contribution in [0.15, 0.2) is 48.5 Å². The van der Waals surface area contributed by atoms with Crippen molar-refractivity contribution in [3.63, 3.8) is 0 Å². The van der Waals surface area contributed by atoms with Crippen molar-refractivity contribution in [2.45, 2.75) is 26.7 Å². The smallest absolute Gasteiger partial charge is 0.251 e. The van der Waals surface area contributed by atoms with E-state index in [-0.39, 0.29) is 18.4 Å². The number of carbonyl (C=O) groups excluding carboxylic acids is 2. The van der Waals surface area contributed by atoms with Crippen LogP contribution in [-0.4, -0.2) is 31.5 Å². The predicted octanol–water partition coefficient (Wildman–Crippen LogP) is 3.67. The molecule has 0 saturated heterocycles. The molecule has 2 aromatic rings. The second-order valence-corrected chi connectivity index (χ2v) is 6.11. The second-order valence-electron chi connectivity index (χ2n) is 6.11. The Kier molecular flexibility index (Phi) is 8.16. The highest BCUT2D eigenvalue weighted by atomic mass is 16.5. The fourth-order valence-corrected chi connectivity index (χ4v) is 2.32. The minimum atomic E-state index is -0.151. The molecule has 0 aliphatic carbocycles. The topological polar surface area (TPSA) is 79.5 Å². The van der Waals surface area contributed by atoms with Gasteiger partial charge in [0.05, 0.1) is 13.2 Å². The largest absolute Gasteiger partial charge is 0.494 e. The van der Waals surface area contributed by atoms with Crippen LogP contribution >= 0.6 is 0 Å². The fraction of sp³-hybridized carbons (Fsp3) is 0.333. The van der Waals surface area contributed by atoms with E-state index in [1.54, 1.807) is 24.3 Å². The van der Waals surface area contributed by atoms with Gasteiger partial charge in [-0.2, -0.15) is 0 Å². The number of nitrogens with one attached hydrogen (secondary N) is 3. The van der Waals surface area contributed by atoms with E-state index in [0.717, 1.165) is 24.3 Å². The van der Waals surface area contributed by atoms with Gasteiger partial charge in [-0.1, -0.05) is 13.8 Å². The standard InChI is InChI=1S/C21H27N3O3/c1-3-13-22-21(26)16-5-7-17(8-6-16)23-15-20(25)24-18-9-11-19(12-10-18)27-14-4-2/h5-12,23H,3-4,13-15H2,1-2H3,(H,22,26)(H,24,25). The first-order valence-electron chi connectivity index (χ1n) is 9.27. The Morgan fingerprint density at radius 3 is 2.19 bits per heavy atom. The van der Waals surface area contributed by atoms with Crippen LogP contribution in [0.5, 0.6) is 5.75 Å². The summed E-state index contributed by atoms with van der Waals surface area (Å²) in [6.07, 6.45) is 1.85. The van der Waals surface area contributed by atoms with Gasteiger partial charge in [0.2, 0.25) is 5.91 Å². The monoisotopic (exact) mass is 369 g/mol. The van der Waals surface area contributed by atoms with Gasteiger partial charge in [-0.3, -0.25) is 9.59 Å². The molecule has 0 unspecified atom stereocenters. The fourth-order valence-electron chi connectivity index (χ4n) is 2.32. The molecule has 0 bridgehead atoms. The van der Waals surface area contributed by atoms with Crippen molar-refractivity contribution in [1.82, 2.24) is 5.32 Å². The van der Waals surface area contributed by atoms with Gasteiger partial charge in [-0.25, -0.2) is 0 Å². The Bertz CT molecular complexity index is 727. The van der Waals surface area contributed by atoms with Gasteiger partial charge in [0.1, 0.15) is 5.75 Å². The van der Waals surface area contributed by atoms with Crippen LogP contribution in [0.2, 0.25) is 0 Å². The average molecular weight is 369 g/mol. The van der Waals surface area contributed by atoms with Crippen molar-refractivity contribution in [2.75, 3.05) is 30.3 Å². The molecule has 2 amide bonds. The van der Waals surface area contributed by atoms with Gasteiger partial charge in [0.15, 0.2) is 0 Å². The van der Waals surface area contributed by atoms with E-state index < -0.39 is 0 Å². The van der Waals surface area contributed by atoms with Crippen molar-refractivity contribution >= 4 is 23.2 Å². The maximum Gasteiger partial charge on any atom is 0.251 e.